The van der Waals surface area contributed by atoms with Gasteiger partial charge in [-0.15, -0.1) is 0 Å². The number of rotatable bonds is 7. The van der Waals surface area contributed by atoms with Gasteiger partial charge in [-0.05, 0) is 60.1 Å². The summed E-state index contributed by atoms with van der Waals surface area (Å²) in [5.74, 6) is -0.413. The molecule has 9 nitrogen and oxygen atoms in total. The molecular weight excluding hydrogens is 582 g/mol. The Balaban J connectivity index is 1.27. The molecule has 3 aliphatic rings. The summed E-state index contributed by atoms with van der Waals surface area (Å²) in [6, 6.07) is 10.5. The molecule has 1 amide bonds. The first-order valence-electron chi connectivity index (χ1n) is 14.5. The minimum Gasteiger partial charge on any atom is -0.339 e. The third-order valence-electron chi connectivity index (χ3n) is 8.15. The minimum absolute atomic E-state index is 0.0612. The lowest BCUT2D eigenvalue weighted by atomic mass is 9.81. The van der Waals surface area contributed by atoms with Crippen LogP contribution in [0.3, 0.4) is 0 Å². The number of fused-ring (bicyclic) bond motifs is 1. The number of hydrogen-bond acceptors (Lipinski definition) is 8. The van der Waals surface area contributed by atoms with Gasteiger partial charge in [-0.3, -0.25) is 9.36 Å². The van der Waals surface area contributed by atoms with E-state index in [0.29, 0.717) is 43.3 Å². The Morgan fingerprint density at radius 3 is 2.42 bits per heavy atom. The summed E-state index contributed by atoms with van der Waals surface area (Å²) in [5.41, 5.74) is 2.86. The van der Waals surface area contributed by atoms with Crippen LogP contribution in [0.25, 0.3) is 0 Å². The van der Waals surface area contributed by atoms with Crippen molar-refractivity contribution in [2.45, 2.75) is 63.3 Å². The van der Waals surface area contributed by atoms with E-state index < -0.39 is 25.2 Å². The summed E-state index contributed by atoms with van der Waals surface area (Å²) >= 11 is 0. The third kappa shape index (κ3) is 6.41. The normalized spacial score (nSPS) is 18.9. The number of hydrogen-bond donors (Lipinski definition) is 2. The van der Waals surface area contributed by atoms with Crippen LogP contribution in [0.15, 0.2) is 42.6 Å². The second kappa shape index (κ2) is 11.9. The molecule has 3 heterocycles. The largest absolute Gasteiger partial charge is 0.421 e. The van der Waals surface area contributed by atoms with Crippen molar-refractivity contribution in [3.8, 4) is 0 Å². The van der Waals surface area contributed by atoms with E-state index in [2.05, 4.69) is 20.6 Å². The van der Waals surface area contributed by atoms with Crippen molar-refractivity contribution >= 4 is 36.6 Å². The summed E-state index contributed by atoms with van der Waals surface area (Å²) in [7, 11) is -1.49. The first kappa shape index (κ1) is 29.6. The summed E-state index contributed by atoms with van der Waals surface area (Å²) in [5, 5.41) is 5.76. The SMILES string of the molecule is CN1Cc2c(C3CCCCC3)ccc(Nc3nc(Nc4ccc(CP5(=O)OCCCO5)cc4)ncc3C(F)(F)F)c2C1=O. The Morgan fingerprint density at radius 1 is 1.00 bits per heavy atom. The second-order valence-electron chi connectivity index (χ2n) is 11.2. The van der Waals surface area contributed by atoms with Crippen LogP contribution in [0.5, 0.6) is 0 Å². The molecular formula is C30H33F3N5O4P. The topological polar surface area (TPSA) is 106 Å². The highest BCUT2D eigenvalue weighted by Gasteiger charge is 2.37. The molecule has 1 saturated carbocycles. The first-order valence-corrected chi connectivity index (χ1v) is 16.2. The summed E-state index contributed by atoms with van der Waals surface area (Å²) < 4.78 is 65.5. The molecule has 2 N–H and O–H groups in total. The van der Waals surface area contributed by atoms with E-state index >= 15 is 0 Å². The minimum atomic E-state index is -4.73. The van der Waals surface area contributed by atoms with Crippen molar-refractivity contribution in [3.05, 3.63) is 70.4 Å². The maximum absolute atomic E-state index is 14.0. The van der Waals surface area contributed by atoms with Crippen LogP contribution in [0.4, 0.5) is 36.3 Å². The number of carbonyl (C=O) groups is 1. The molecule has 43 heavy (non-hydrogen) atoms. The van der Waals surface area contributed by atoms with Crippen LogP contribution in [0, 0.1) is 0 Å². The molecule has 13 heteroatoms. The van der Waals surface area contributed by atoms with Crippen LogP contribution in [0.1, 0.15) is 77.1 Å². The number of carbonyl (C=O) groups excluding carboxylic acids is 1. The smallest absolute Gasteiger partial charge is 0.339 e. The van der Waals surface area contributed by atoms with Crippen molar-refractivity contribution in [2.75, 3.05) is 30.9 Å². The zero-order chi connectivity index (χ0) is 30.2. The molecule has 228 valence electrons. The van der Waals surface area contributed by atoms with Crippen LogP contribution in [0.2, 0.25) is 0 Å². The van der Waals surface area contributed by atoms with Gasteiger partial charge in [0.15, 0.2) is 0 Å². The quantitative estimate of drug-likeness (QED) is 0.260. The zero-order valence-corrected chi connectivity index (χ0v) is 24.6. The Morgan fingerprint density at radius 2 is 1.72 bits per heavy atom. The van der Waals surface area contributed by atoms with Gasteiger partial charge in [-0.2, -0.15) is 18.2 Å². The predicted molar refractivity (Wildman–Crippen MR) is 156 cm³/mol. The summed E-state index contributed by atoms with van der Waals surface area (Å²) in [6.45, 7) is 1.19. The van der Waals surface area contributed by atoms with Crippen LogP contribution >= 0.6 is 7.60 Å². The standard InChI is InChI=1S/C30H33F3N5O4P/c1-38-17-23-22(20-6-3-2-4-7-20)12-13-25(26(23)28(38)39)36-27-24(30(31,32)33)16-34-29(37-27)35-21-10-8-19(9-11-21)18-43(40)41-14-5-15-42-43/h8-13,16,20H,2-7,14-15,17-18H2,1H3,(H2,34,35,36,37). The van der Waals surface area contributed by atoms with Gasteiger partial charge in [0.2, 0.25) is 5.95 Å². The van der Waals surface area contributed by atoms with E-state index in [9.17, 15) is 22.5 Å². The van der Waals surface area contributed by atoms with Gasteiger partial charge >= 0.3 is 13.8 Å². The maximum atomic E-state index is 14.0. The number of alkyl halides is 3. The number of nitrogens with one attached hydrogen (secondary N) is 2. The van der Waals surface area contributed by atoms with Crippen molar-refractivity contribution in [2.24, 2.45) is 0 Å². The maximum Gasteiger partial charge on any atom is 0.421 e. The fourth-order valence-electron chi connectivity index (χ4n) is 5.99. The van der Waals surface area contributed by atoms with E-state index in [1.165, 1.54) is 6.42 Å². The van der Waals surface area contributed by atoms with E-state index in [1.54, 1.807) is 42.3 Å². The fraction of sp³-hybridized carbons (Fsp3) is 0.433. The van der Waals surface area contributed by atoms with Crippen LogP contribution in [-0.4, -0.2) is 41.0 Å². The zero-order valence-electron chi connectivity index (χ0n) is 23.7. The molecule has 0 bridgehead atoms. The molecule has 2 fully saturated rings. The monoisotopic (exact) mass is 615 g/mol. The van der Waals surface area contributed by atoms with Gasteiger partial charge in [0, 0.05) is 25.5 Å². The summed E-state index contributed by atoms with van der Waals surface area (Å²) in [6.07, 6.45) is 2.33. The molecule has 0 spiro atoms. The van der Waals surface area contributed by atoms with Crippen molar-refractivity contribution < 1.29 is 31.6 Å². The lowest BCUT2D eigenvalue weighted by molar-refractivity contribution is -0.137. The fourth-order valence-corrected chi connectivity index (χ4v) is 7.72. The number of benzene rings is 2. The van der Waals surface area contributed by atoms with E-state index in [0.717, 1.165) is 48.6 Å². The van der Waals surface area contributed by atoms with E-state index in [1.807, 2.05) is 6.07 Å². The predicted octanol–water partition coefficient (Wildman–Crippen LogP) is 7.75. The summed E-state index contributed by atoms with van der Waals surface area (Å²) in [4.78, 5) is 22.9. The average Bonchev–Trinajstić information content (AvgIpc) is 3.28. The molecule has 0 unspecified atom stereocenters. The van der Waals surface area contributed by atoms with Gasteiger partial charge < -0.3 is 24.6 Å². The molecule has 2 aliphatic heterocycles. The Hall–Kier alpha value is -3.47. The van der Waals surface area contributed by atoms with Crippen LogP contribution in [-0.2, 0) is 32.5 Å². The third-order valence-corrected chi connectivity index (χ3v) is 10.1. The number of anilines is 4. The first-order chi connectivity index (χ1) is 20.6. The highest BCUT2D eigenvalue weighted by atomic mass is 31.2. The molecule has 0 atom stereocenters. The molecule has 3 aromatic rings. The Bertz CT molecular complexity index is 1550. The highest BCUT2D eigenvalue weighted by Crippen LogP contribution is 2.53. The Labute approximate surface area is 247 Å². The number of amides is 1. The number of nitrogens with zero attached hydrogens (tertiary/aromatic N) is 3. The van der Waals surface area contributed by atoms with Gasteiger partial charge in [-0.1, -0.05) is 37.5 Å². The van der Waals surface area contributed by atoms with Crippen molar-refractivity contribution in [1.82, 2.24) is 14.9 Å². The second-order valence-corrected chi connectivity index (χ2v) is 13.3. The van der Waals surface area contributed by atoms with Crippen molar-refractivity contribution in [3.63, 3.8) is 0 Å². The lowest BCUT2D eigenvalue weighted by Gasteiger charge is -2.25. The highest BCUT2D eigenvalue weighted by molar-refractivity contribution is 7.53. The van der Waals surface area contributed by atoms with E-state index in [4.69, 9.17) is 9.05 Å². The number of aromatic nitrogens is 2. The molecule has 2 aromatic carbocycles. The molecule has 1 aliphatic carbocycles. The Kier molecular flexibility index (Phi) is 8.19. The molecule has 1 saturated heterocycles. The van der Waals surface area contributed by atoms with Gasteiger partial charge in [-0.25, -0.2) is 4.98 Å². The van der Waals surface area contributed by atoms with E-state index in [-0.39, 0.29) is 23.7 Å². The molecule has 1 aromatic heterocycles. The average molecular weight is 616 g/mol. The van der Waals surface area contributed by atoms with Gasteiger partial charge in [0.1, 0.15) is 11.4 Å². The molecule has 0 radical (unpaired) electrons. The number of halogens is 3. The van der Waals surface area contributed by atoms with Gasteiger partial charge in [0.25, 0.3) is 5.91 Å². The molecule has 6 rings (SSSR count). The van der Waals surface area contributed by atoms with Crippen LogP contribution < -0.4 is 10.6 Å². The van der Waals surface area contributed by atoms with Gasteiger partial charge in [0.05, 0.1) is 30.6 Å². The van der Waals surface area contributed by atoms with Crippen molar-refractivity contribution in [1.29, 1.82) is 0 Å². The lowest BCUT2D eigenvalue weighted by Crippen LogP contribution is -2.18.